The summed E-state index contributed by atoms with van der Waals surface area (Å²) in [6, 6.07) is 7.69. The smallest absolute Gasteiger partial charge is 0.238 e. The maximum absolute atomic E-state index is 12.1. The first-order valence-electron chi connectivity index (χ1n) is 6.99. The zero-order valence-corrected chi connectivity index (χ0v) is 11.6. The van der Waals surface area contributed by atoms with E-state index in [1.807, 2.05) is 24.3 Å². The molecule has 1 saturated heterocycles. The molecule has 0 saturated carbocycles. The monoisotopic (exact) mass is 261 g/mol. The summed E-state index contributed by atoms with van der Waals surface area (Å²) < 4.78 is 0. The number of amides is 1. The third-order valence-electron chi connectivity index (χ3n) is 3.62. The quantitative estimate of drug-likeness (QED) is 0.869. The summed E-state index contributed by atoms with van der Waals surface area (Å²) in [5, 5.41) is 2.96. The molecule has 2 rings (SSSR count). The fourth-order valence-electron chi connectivity index (χ4n) is 2.64. The third-order valence-corrected chi connectivity index (χ3v) is 3.62. The molecule has 3 N–H and O–H groups in total. The zero-order valence-electron chi connectivity index (χ0n) is 11.6. The molecule has 0 radical (unpaired) electrons. The Morgan fingerprint density at radius 2 is 2.26 bits per heavy atom. The molecule has 1 aromatic rings. The second-order valence-electron chi connectivity index (χ2n) is 5.39. The Labute approximate surface area is 115 Å². The highest BCUT2D eigenvalue weighted by molar-refractivity contribution is 5.93. The van der Waals surface area contributed by atoms with Crippen molar-refractivity contribution < 1.29 is 4.79 Å². The molecule has 1 fully saturated rings. The molecular weight excluding hydrogens is 238 g/mol. The number of anilines is 1. The largest absolute Gasteiger partial charge is 0.326 e. The maximum Gasteiger partial charge on any atom is 0.238 e. The number of nitrogens with two attached hydrogens (primary N) is 1. The van der Waals surface area contributed by atoms with Crippen LogP contribution >= 0.6 is 0 Å². The molecule has 0 aliphatic carbocycles. The van der Waals surface area contributed by atoms with Crippen LogP contribution in [-0.4, -0.2) is 30.4 Å². The molecule has 19 heavy (non-hydrogen) atoms. The van der Waals surface area contributed by atoms with Gasteiger partial charge in [0.1, 0.15) is 0 Å². The summed E-state index contributed by atoms with van der Waals surface area (Å²) in [6.45, 7) is 5.20. The third kappa shape index (κ3) is 4.04. The van der Waals surface area contributed by atoms with Crippen molar-refractivity contribution in [2.24, 2.45) is 11.7 Å². The van der Waals surface area contributed by atoms with Crippen LogP contribution in [0.15, 0.2) is 24.3 Å². The number of hydrogen-bond acceptors (Lipinski definition) is 3. The highest BCUT2D eigenvalue weighted by Crippen LogP contribution is 2.16. The van der Waals surface area contributed by atoms with Gasteiger partial charge in [0.15, 0.2) is 0 Å². The molecule has 4 nitrogen and oxygen atoms in total. The fraction of sp³-hybridized carbons (Fsp3) is 0.533. The van der Waals surface area contributed by atoms with Crippen LogP contribution < -0.4 is 11.1 Å². The van der Waals surface area contributed by atoms with Gasteiger partial charge in [-0.05, 0) is 36.9 Å². The Morgan fingerprint density at radius 1 is 1.47 bits per heavy atom. The molecule has 0 spiro atoms. The number of carbonyl (C=O) groups is 1. The lowest BCUT2D eigenvalue weighted by atomic mass is 10.0. The molecule has 1 aliphatic rings. The number of benzene rings is 1. The summed E-state index contributed by atoms with van der Waals surface area (Å²) in [5.41, 5.74) is 7.48. The van der Waals surface area contributed by atoms with Gasteiger partial charge in [0.25, 0.3) is 0 Å². The van der Waals surface area contributed by atoms with E-state index in [-0.39, 0.29) is 5.91 Å². The summed E-state index contributed by atoms with van der Waals surface area (Å²) in [6.07, 6.45) is 2.46. The van der Waals surface area contributed by atoms with Crippen molar-refractivity contribution in [3.8, 4) is 0 Å². The van der Waals surface area contributed by atoms with Crippen LogP contribution in [0.2, 0.25) is 0 Å². The van der Waals surface area contributed by atoms with Crippen LogP contribution in [0.5, 0.6) is 0 Å². The van der Waals surface area contributed by atoms with Crippen LogP contribution in [0.4, 0.5) is 5.69 Å². The van der Waals surface area contributed by atoms with Gasteiger partial charge in [0.2, 0.25) is 5.91 Å². The Balaban J connectivity index is 1.90. The Bertz CT molecular complexity index is 433. The molecule has 1 aliphatic heterocycles. The van der Waals surface area contributed by atoms with E-state index in [4.69, 9.17) is 5.73 Å². The van der Waals surface area contributed by atoms with E-state index in [9.17, 15) is 4.79 Å². The minimum absolute atomic E-state index is 0.0509. The fourth-order valence-corrected chi connectivity index (χ4v) is 2.64. The SMILES string of the molecule is CC1CCCN(CC(=O)Nc2ccccc2CN)C1. The lowest BCUT2D eigenvalue weighted by Crippen LogP contribution is -2.39. The molecule has 1 amide bonds. The first-order chi connectivity index (χ1) is 9.19. The number of nitrogens with one attached hydrogen (secondary N) is 1. The number of nitrogens with zero attached hydrogens (tertiary/aromatic N) is 1. The van der Waals surface area contributed by atoms with E-state index in [2.05, 4.69) is 17.1 Å². The van der Waals surface area contributed by atoms with Crippen LogP contribution in [0.3, 0.4) is 0 Å². The van der Waals surface area contributed by atoms with Gasteiger partial charge in [-0.15, -0.1) is 0 Å². The topological polar surface area (TPSA) is 58.4 Å². The van der Waals surface area contributed by atoms with Gasteiger partial charge in [-0.3, -0.25) is 9.69 Å². The molecular formula is C15H23N3O. The van der Waals surface area contributed by atoms with Gasteiger partial charge in [0.05, 0.1) is 6.54 Å². The van der Waals surface area contributed by atoms with Crippen molar-refractivity contribution in [1.29, 1.82) is 0 Å². The number of carbonyl (C=O) groups excluding carboxylic acids is 1. The molecule has 0 aromatic heterocycles. The summed E-state index contributed by atoms with van der Waals surface area (Å²) in [5.74, 6) is 0.743. The minimum atomic E-state index is 0.0509. The second kappa shape index (κ2) is 6.68. The van der Waals surface area contributed by atoms with E-state index in [0.717, 1.165) is 24.3 Å². The van der Waals surface area contributed by atoms with E-state index in [0.29, 0.717) is 19.0 Å². The average molecular weight is 261 g/mol. The van der Waals surface area contributed by atoms with E-state index < -0.39 is 0 Å². The second-order valence-corrected chi connectivity index (χ2v) is 5.39. The van der Waals surface area contributed by atoms with Gasteiger partial charge in [-0.2, -0.15) is 0 Å². The highest BCUT2D eigenvalue weighted by atomic mass is 16.2. The summed E-state index contributed by atoms with van der Waals surface area (Å²) in [4.78, 5) is 14.3. The van der Waals surface area contributed by atoms with Crippen molar-refractivity contribution in [2.45, 2.75) is 26.3 Å². The van der Waals surface area contributed by atoms with Crippen molar-refractivity contribution in [3.05, 3.63) is 29.8 Å². The van der Waals surface area contributed by atoms with Crippen LogP contribution in [-0.2, 0) is 11.3 Å². The van der Waals surface area contributed by atoms with Gasteiger partial charge in [-0.1, -0.05) is 25.1 Å². The number of hydrogen-bond donors (Lipinski definition) is 2. The van der Waals surface area contributed by atoms with E-state index in [1.165, 1.54) is 12.8 Å². The number of piperidine rings is 1. The van der Waals surface area contributed by atoms with Gasteiger partial charge in [0, 0.05) is 18.8 Å². The predicted octanol–water partition coefficient (Wildman–Crippen LogP) is 1.82. The van der Waals surface area contributed by atoms with E-state index >= 15 is 0 Å². The molecule has 1 unspecified atom stereocenters. The molecule has 4 heteroatoms. The van der Waals surface area contributed by atoms with Gasteiger partial charge in [-0.25, -0.2) is 0 Å². The summed E-state index contributed by atoms with van der Waals surface area (Å²) in [7, 11) is 0. The average Bonchev–Trinajstić information content (AvgIpc) is 2.39. The normalized spacial score (nSPS) is 20.2. The van der Waals surface area contributed by atoms with Crippen LogP contribution in [0, 0.1) is 5.92 Å². The van der Waals surface area contributed by atoms with Crippen LogP contribution in [0.25, 0.3) is 0 Å². The van der Waals surface area contributed by atoms with Crippen molar-refractivity contribution in [3.63, 3.8) is 0 Å². The Hall–Kier alpha value is -1.39. The van der Waals surface area contributed by atoms with E-state index in [1.54, 1.807) is 0 Å². The summed E-state index contributed by atoms with van der Waals surface area (Å²) >= 11 is 0. The highest BCUT2D eigenvalue weighted by Gasteiger charge is 2.18. The molecule has 1 heterocycles. The minimum Gasteiger partial charge on any atom is -0.326 e. The van der Waals surface area contributed by atoms with Crippen molar-refractivity contribution in [1.82, 2.24) is 4.90 Å². The van der Waals surface area contributed by atoms with Crippen molar-refractivity contribution >= 4 is 11.6 Å². The molecule has 0 bridgehead atoms. The Morgan fingerprint density at radius 3 is 3.00 bits per heavy atom. The first-order valence-corrected chi connectivity index (χ1v) is 6.99. The molecule has 1 atom stereocenters. The lowest BCUT2D eigenvalue weighted by Gasteiger charge is -2.30. The first kappa shape index (κ1) is 14.0. The van der Waals surface area contributed by atoms with Crippen molar-refractivity contribution in [2.75, 3.05) is 25.0 Å². The lowest BCUT2D eigenvalue weighted by molar-refractivity contribution is -0.117. The predicted molar refractivity (Wildman–Crippen MR) is 77.8 cm³/mol. The molecule has 1 aromatic carbocycles. The zero-order chi connectivity index (χ0) is 13.7. The van der Waals surface area contributed by atoms with Crippen LogP contribution in [0.1, 0.15) is 25.3 Å². The molecule has 104 valence electrons. The van der Waals surface area contributed by atoms with Gasteiger partial charge < -0.3 is 11.1 Å². The Kier molecular flexibility index (Phi) is 4.93. The number of rotatable bonds is 4. The van der Waals surface area contributed by atoms with Gasteiger partial charge >= 0.3 is 0 Å². The number of para-hydroxylation sites is 1. The maximum atomic E-state index is 12.1. The number of likely N-dealkylation sites (tertiary alicyclic amines) is 1. The standard InChI is InChI=1S/C15H23N3O/c1-12-5-4-8-18(10-12)11-15(19)17-14-7-3-2-6-13(14)9-16/h2-3,6-7,12H,4-5,8-11,16H2,1H3,(H,17,19).